The zero-order valence-corrected chi connectivity index (χ0v) is 33.0. The molecule has 1 saturated heterocycles. The standard InChI is InChI=1S/C40H38F3N7O7S2/c1-2-22-18-39(22,37(53)49-59(54,55)25-15-16-25)48-35(52)28-17-24(20-50(28)31(51)19-44-38-45-27-8-4-6-10-30(27)58-38)56-36-33-32(26-7-3-5-9-29(26)57-33)46-34(47-36)21-11-13-23(14-12-21)40(41,42)43/h2-3,5,7,9,11-14,22,24-25,28H,1,4,6,8,10,15-20H2,(H,44,45)(H,48,52)(H,49,53)/t22-,24-,28+,39-/m1/s1. The van der Waals surface area contributed by atoms with Gasteiger partial charge in [-0.05, 0) is 69.2 Å². The van der Waals surface area contributed by atoms with E-state index in [9.17, 15) is 36.0 Å². The smallest absolute Gasteiger partial charge is 0.416 e. The molecule has 14 nitrogen and oxygen atoms in total. The molecule has 2 aromatic carbocycles. The summed E-state index contributed by atoms with van der Waals surface area (Å²) in [4.78, 5) is 58.3. The normalized spacial score (nSPS) is 22.8. The maximum atomic E-state index is 14.3. The lowest BCUT2D eigenvalue weighted by Gasteiger charge is -2.26. The summed E-state index contributed by atoms with van der Waals surface area (Å²) in [5.41, 5.74) is -0.194. The Bertz CT molecular complexity index is 2600. The number of alkyl halides is 3. The third-order valence-electron chi connectivity index (χ3n) is 11.3. The van der Waals surface area contributed by atoms with E-state index in [0.717, 1.165) is 43.5 Å². The Kier molecular flexibility index (Phi) is 9.64. The van der Waals surface area contributed by atoms with Gasteiger partial charge in [-0.2, -0.15) is 18.2 Å². The molecule has 0 spiro atoms. The summed E-state index contributed by atoms with van der Waals surface area (Å²) in [6, 6.07) is 10.2. The molecular weight excluding hydrogens is 812 g/mol. The maximum absolute atomic E-state index is 14.3. The first-order valence-electron chi connectivity index (χ1n) is 19.3. The fourth-order valence-electron chi connectivity index (χ4n) is 7.85. The summed E-state index contributed by atoms with van der Waals surface area (Å²) < 4.78 is 80.4. The first-order chi connectivity index (χ1) is 28.2. The largest absolute Gasteiger partial charge is 0.470 e. The molecule has 2 saturated carbocycles. The van der Waals surface area contributed by atoms with Crippen LogP contribution in [0, 0.1) is 5.92 Å². The van der Waals surface area contributed by atoms with Gasteiger partial charge in [0.25, 0.3) is 11.8 Å². The van der Waals surface area contributed by atoms with Gasteiger partial charge in [0.15, 0.2) is 11.0 Å². The number of para-hydroxylation sites is 1. The van der Waals surface area contributed by atoms with E-state index in [4.69, 9.17) is 9.15 Å². The van der Waals surface area contributed by atoms with Crippen molar-refractivity contribution in [3.05, 3.63) is 77.3 Å². The average molecular weight is 850 g/mol. The number of thiazole rings is 1. The predicted octanol–water partition coefficient (Wildman–Crippen LogP) is 5.53. The predicted molar refractivity (Wildman–Crippen MR) is 211 cm³/mol. The van der Waals surface area contributed by atoms with Gasteiger partial charge in [0, 0.05) is 28.2 Å². The topological polar surface area (TPSA) is 186 Å². The molecule has 9 rings (SSSR count). The first-order valence-corrected chi connectivity index (χ1v) is 21.6. The van der Waals surface area contributed by atoms with E-state index in [1.54, 1.807) is 24.3 Å². The van der Waals surface area contributed by atoms with Crippen LogP contribution in [0.2, 0.25) is 0 Å². The van der Waals surface area contributed by atoms with E-state index < -0.39 is 68.3 Å². The second-order valence-electron chi connectivity index (χ2n) is 15.4. The molecule has 59 heavy (non-hydrogen) atoms. The van der Waals surface area contributed by atoms with Gasteiger partial charge in [0.05, 0.1) is 29.6 Å². The molecule has 3 amide bonds. The van der Waals surface area contributed by atoms with Crippen molar-refractivity contribution in [2.45, 2.75) is 80.5 Å². The number of fused-ring (bicyclic) bond motifs is 4. The third kappa shape index (κ3) is 7.49. The van der Waals surface area contributed by atoms with Crippen molar-refractivity contribution < 1.29 is 45.1 Å². The number of furan rings is 1. The number of benzene rings is 2. The Morgan fingerprint density at radius 3 is 2.53 bits per heavy atom. The number of likely N-dealkylation sites (tertiary alicyclic amines) is 1. The number of carbonyl (C=O) groups excluding carboxylic acids is 3. The zero-order valence-electron chi connectivity index (χ0n) is 31.4. The Balaban J connectivity index is 1.02. The SMILES string of the molecule is C=C[C@@H]1C[C@]1(NC(=O)[C@@H]1C[C@@H](Oc2nc(-c3ccc(C(F)(F)F)cc3)nc3c2oc2ccccc23)CN1C(=O)CNc1nc2c(s1)CCCC2)C(=O)NS(=O)(=O)C1CC1. The second-order valence-corrected chi connectivity index (χ2v) is 18.4. The number of aryl methyl sites for hydroxylation is 2. The van der Waals surface area contributed by atoms with Crippen LogP contribution in [0.3, 0.4) is 0 Å². The van der Waals surface area contributed by atoms with Gasteiger partial charge >= 0.3 is 6.18 Å². The number of carbonyl (C=O) groups is 3. The van der Waals surface area contributed by atoms with Crippen LogP contribution in [-0.2, 0) is 43.4 Å². The van der Waals surface area contributed by atoms with Crippen molar-refractivity contribution in [2.75, 3.05) is 18.4 Å². The molecule has 0 radical (unpaired) electrons. The zero-order chi connectivity index (χ0) is 41.3. The van der Waals surface area contributed by atoms with Gasteiger partial charge in [0.2, 0.25) is 27.4 Å². The van der Waals surface area contributed by atoms with Gasteiger partial charge in [-0.3, -0.25) is 19.1 Å². The Morgan fingerprint density at radius 1 is 1.05 bits per heavy atom. The number of sulfonamides is 1. The van der Waals surface area contributed by atoms with Crippen molar-refractivity contribution in [1.29, 1.82) is 0 Å². The fourth-order valence-corrected chi connectivity index (χ4v) is 10.3. The highest BCUT2D eigenvalue weighted by Gasteiger charge is 2.62. The van der Waals surface area contributed by atoms with Crippen LogP contribution in [-0.4, -0.2) is 82.0 Å². The van der Waals surface area contributed by atoms with Gasteiger partial charge in [-0.15, -0.1) is 17.9 Å². The summed E-state index contributed by atoms with van der Waals surface area (Å²) in [7, 11) is -3.93. The van der Waals surface area contributed by atoms with Gasteiger partial charge in [0.1, 0.15) is 28.8 Å². The highest BCUT2D eigenvalue weighted by molar-refractivity contribution is 7.91. The quantitative estimate of drug-likeness (QED) is 0.134. The molecule has 0 bridgehead atoms. The van der Waals surface area contributed by atoms with E-state index in [2.05, 4.69) is 36.9 Å². The Labute approximate surface area is 339 Å². The minimum atomic E-state index is -4.55. The highest BCUT2D eigenvalue weighted by Crippen LogP contribution is 2.46. The van der Waals surface area contributed by atoms with E-state index >= 15 is 0 Å². The van der Waals surface area contributed by atoms with E-state index in [1.165, 1.54) is 39.3 Å². The molecule has 19 heteroatoms. The summed E-state index contributed by atoms with van der Waals surface area (Å²) in [5, 5.41) is 6.40. The molecule has 4 aliphatic rings. The van der Waals surface area contributed by atoms with Crippen LogP contribution in [0.1, 0.15) is 54.7 Å². The summed E-state index contributed by atoms with van der Waals surface area (Å²) >= 11 is 1.49. The maximum Gasteiger partial charge on any atom is 0.416 e. The number of aromatic nitrogens is 3. The number of nitrogens with zero attached hydrogens (tertiary/aromatic N) is 4. The molecule has 3 aromatic heterocycles. The van der Waals surface area contributed by atoms with E-state index in [-0.39, 0.29) is 48.8 Å². The summed E-state index contributed by atoms with van der Waals surface area (Å²) in [6.07, 6.45) is 0.856. The van der Waals surface area contributed by atoms with E-state index in [1.807, 2.05) is 0 Å². The number of anilines is 1. The van der Waals surface area contributed by atoms with Crippen molar-refractivity contribution in [3.63, 3.8) is 0 Å². The number of hydrogen-bond acceptors (Lipinski definition) is 12. The van der Waals surface area contributed by atoms with Crippen LogP contribution in [0.25, 0.3) is 33.5 Å². The van der Waals surface area contributed by atoms with Crippen molar-refractivity contribution in [2.24, 2.45) is 5.92 Å². The van der Waals surface area contributed by atoms with Gasteiger partial charge in [-0.1, -0.05) is 30.3 Å². The molecule has 4 heterocycles. The second kappa shape index (κ2) is 14.6. The monoisotopic (exact) mass is 849 g/mol. The van der Waals surface area contributed by atoms with Gasteiger partial charge in [-0.25, -0.2) is 18.4 Å². The molecule has 0 unspecified atom stereocenters. The number of amides is 3. The molecule has 3 fully saturated rings. The highest BCUT2D eigenvalue weighted by atomic mass is 32.2. The summed E-state index contributed by atoms with van der Waals surface area (Å²) in [6.45, 7) is 3.46. The summed E-state index contributed by atoms with van der Waals surface area (Å²) in [5.74, 6) is -2.58. The number of rotatable bonds is 12. The Morgan fingerprint density at radius 2 is 1.81 bits per heavy atom. The average Bonchev–Trinajstić information content (AvgIpc) is 4.06. The minimum Gasteiger partial charge on any atom is -0.470 e. The van der Waals surface area contributed by atoms with Crippen molar-refractivity contribution in [1.82, 2.24) is 29.9 Å². The molecule has 5 aromatic rings. The van der Waals surface area contributed by atoms with Gasteiger partial charge < -0.3 is 24.7 Å². The lowest BCUT2D eigenvalue weighted by molar-refractivity contribution is -0.138. The molecule has 308 valence electrons. The number of nitrogens with one attached hydrogen (secondary N) is 3. The van der Waals surface area contributed by atoms with Crippen molar-refractivity contribution >= 4 is 66.3 Å². The number of halogens is 3. The number of ether oxygens (including phenoxy) is 1. The van der Waals surface area contributed by atoms with E-state index in [0.29, 0.717) is 34.5 Å². The molecule has 3 aliphatic carbocycles. The van der Waals surface area contributed by atoms with Crippen LogP contribution < -0.4 is 20.1 Å². The molecule has 3 N–H and O–H groups in total. The lowest BCUT2D eigenvalue weighted by atomic mass is 10.0. The Hall–Kier alpha value is -5.56. The third-order valence-corrected chi connectivity index (χ3v) is 14.2. The van der Waals surface area contributed by atoms with Crippen LogP contribution in [0.4, 0.5) is 18.3 Å². The van der Waals surface area contributed by atoms with Crippen molar-refractivity contribution in [3.8, 4) is 17.3 Å². The fraction of sp³-hybridized carbons (Fsp3) is 0.400. The van der Waals surface area contributed by atoms with Crippen LogP contribution >= 0.6 is 11.3 Å². The molecular formula is C40H38F3N7O7S2. The lowest BCUT2D eigenvalue weighted by Crippen LogP contribution is -2.57. The molecule has 1 aliphatic heterocycles. The minimum absolute atomic E-state index is 0.0545. The van der Waals surface area contributed by atoms with Crippen LogP contribution in [0.5, 0.6) is 5.88 Å². The molecule has 4 atom stereocenters. The first kappa shape index (κ1) is 38.9. The number of hydrogen-bond donors (Lipinski definition) is 3. The van der Waals surface area contributed by atoms with Crippen LogP contribution in [0.15, 0.2) is 65.6 Å².